The van der Waals surface area contributed by atoms with Gasteiger partial charge in [0.2, 0.25) is 0 Å². The van der Waals surface area contributed by atoms with Crippen LogP contribution in [0, 0.1) is 11.8 Å². The van der Waals surface area contributed by atoms with Crippen molar-refractivity contribution >= 4 is 17.9 Å². The molecule has 57 heavy (non-hydrogen) atoms. The fourth-order valence-corrected chi connectivity index (χ4v) is 7.64. The van der Waals surface area contributed by atoms with Gasteiger partial charge in [0.25, 0.3) is 0 Å². The van der Waals surface area contributed by atoms with Crippen molar-refractivity contribution in [1.82, 2.24) is 0 Å². The van der Waals surface area contributed by atoms with E-state index in [1.807, 2.05) is 0 Å². The zero-order valence-corrected chi connectivity index (χ0v) is 39.0. The van der Waals surface area contributed by atoms with Crippen LogP contribution in [0.2, 0.25) is 0 Å². The van der Waals surface area contributed by atoms with E-state index in [1.54, 1.807) is 0 Å². The zero-order chi connectivity index (χ0) is 41.9. The largest absolute Gasteiger partial charge is 0.462 e. The van der Waals surface area contributed by atoms with Gasteiger partial charge in [-0.25, -0.2) is 0 Å². The highest BCUT2D eigenvalue weighted by Crippen LogP contribution is 2.17. The maximum absolute atomic E-state index is 12.7. The molecule has 0 aromatic rings. The highest BCUT2D eigenvalue weighted by Gasteiger charge is 2.19. The van der Waals surface area contributed by atoms with Gasteiger partial charge < -0.3 is 14.2 Å². The van der Waals surface area contributed by atoms with Crippen molar-refractivity contribution < 1.29 is 28.6 Å². The lowest BCUT2D eigenvalue weighted by molar-refractivity contribution is -0.167. The average molecular weight is 807 g/mol. The number of unbranched alkanes of at least 4 members (excludes halogenated alkanes) is 30. The normalized spacial score (nSPS) is 12.1. The van der Waals surface area contributed by atoms with Gasteiger partial charge in [0.15, 0.2) is 6.10 Å². The smallest absolute Gasteiger partial charge is 0.306 e. The summed E-state index contributed by atoms with van der Waals surface area (Å²) in [5.41, 5.74) is 0. The minimum Gasteiger partial charge on any atom is -0.462 e. The maximum atomic E-state index is 12.7. The molecule has 0 rings (SSSR count). The first-order valence-corrected chi connectivity index (χ1v) is 25.2. The van der Waals surface area contributed by atoms with Crippen LogP contribution >= 0.6 is 0 Å². The van der Waals surface area contributed by atoms with Crippen LogP contribution in [0.4, 0.5) is 0 Å². The summed E-state index contributed by atoms with van der Waals surface area (Å²) in [5, 5.41) is 0. The number of hydrogen-bond donors (Lipinski definition) is 0. The van der Waals surface area contributed by atoms with Crippen LogP contribution in [0.15, 0.2) is 0 Å². The minimum atomic E-state index is -0.760. The third kappa shape index (κ3) is 45.3. The van der Waals surface area contributed by atoms with Crippen LogP contribution in [0.25, 0.3) is 0 Å². The number of hydrogen-bond acceptors (Lipinski definition) is 6. The van der Waals surface area contributed by atoms with Gasteiger partial charge in [0, 0.05) is 19.3 Å². The number of rotatable bonds is 45. The second-order valence-electron chi connectivity index (χ2n) is 18.4. The second kappa shape index (κ2) is 44.0. The standard InChI is InChI=1S/C51H98O6/c1-6-7-8-9-10-19-28-33-38-43-51(54)57-48(45-56-50(53)42-37-32-27-23-18-14-16-21-25-30-35-40-47(4)5)44-55-49(52)41-36-31-26-22-17-13-11-12-15-20-24-29-34-39-46(2)3/h46-48H,6-45H2,1-5H3/t48-/m1/s1. The SMILES string of the molecule is CCCCCCCCCCCC(=O)O[C@H](COC(=O)CCCCCCCCCCCCCCCC(C)C)COC(=O)CCCCCCCCCCCCCC(C)C. The van der Waals surface area contributed by atoms with Crippen molar-refractivity contribution in [3.63, 3.8) is 0 Å². The van der Waals surface area contributed by atoms with Crippen molar-refractivity contribution in [1.29, 1.82) is 0 Å². The summed E-state index contributed by atoms with van der Waals surface area (Å²) in [7, 11) is 0. The van der Waals surface area contributed by atoms with Gasteiger partial charge in [-0.05, 0) is 31.1 Å². The van der Waals surface area contributed by atoms with E-state index < -0.39 is 6.10 Å². The van der Waals surface area contributed by atoms with Gasteiger partial charge in [-0.3, -0.25) is 14.4 Å². The summed E-state index contributed by atoms with van der Waals surface area (Å²) in [5.74, 6) is 0.814. The Morgan fingerprint density at radius 1 is 0.333 bits per heavy atom. The number of ether oxygens (including phenoxy) is 3. The van der Waals surface area contributed by atoms with E-state index in [4.69, 9.17) is 14.2 Å². The zero-order valence-electron chi connectivity index (χ0n) is 39.0. The molecular formula is C51H98O6. The second-order valence-corrected chi connectivity index (χ2v) is 18.4. The molecule has 6 heteroatoms. The Morgan fingerprint density at radius 3 is 0.860 bits per heavy atom. The van der Waals surface area contributed by atoms with E-state index >= 15 is 0 Å². The molecular weight excluding hydrogens is 709 g/mol. The van der Waals surface area contributed by atoms with Crippen molar-refractivity contribution in [3.8, 4) is 0 Å². The summed E-state index contributed by atoms with van der Waals surface area (Å²) in [4.78, 5) is 37.8. The van der Waals surface area contributed by atoms with Gasteiger partial charge >= 0.3 is 17.9 Å². The molecule has 0 heterocycles. The number of esters is 3. The molecule has 6 nitrogen and oxygen atoms in total. The fraction of sp³-hybridized carbons (Fsp3) is 0.941. The van der Waals surface area contributed by atoms with Gasteiger partial charge in [-0.2, -0.15) is 0 Å². The lowest BCUT2D eigenvalue weighted by Crippen LogP contribution is -2.30. The minimum absolute atomic E-state index is 0.0640. The molecule has 1 atom stereocenters. The summed E-state index contributed by atoms with van der Waals surface area (Å²) >= 11 is 0. The van der Waals surface area contributed by atoms with Crippen LogP contribution in [0.1, 0.15) is 279 Å². The van der Waals surface area contributed by atoms with Crippen LogP contribution in [0.5, 0.6) is 0 Å². The Morgan fingerprint density at radius 2 is 0.579 bits per heavy atom. The van der Waals surface area contributed by atoms with Gasteiger partial charge in [0.05, 0.1) is 0 Å². The summed E-state index contributed by atoms with van der Waals surface area (Å²) < 4.78 is 16.8. The first-order chi connectivity index (χ1) is 27.7. The molecule has 0 bridgehead atoms. The Kier molecular flexibility index (Phi) is 42.7. The molecule has 338 valence electrons. The first kappa shape index (κ1) is 55.4. The van der Waals surface area contributed by atoms with Crippen LogP contribution in [0.3, 0.4) is 0 Å². The van der Waals surface area contributed by atoms with Crippen molar-refractivity contribution in [2.24, 2.45) is 11.8 Å². The molecule has 0 fully saturated rings. The molecule has 0 N–H and O–H groups in total. The summed E-state index contributed by atoms with van der Waals surface area (Å²) in [6, 6.07) is 0. The van der Waals surface area contributed by atoms with Crippen molar-refractivity contribution in [2.75, 3.05) is 13.2 Å². The first-order valence-electron chi connectivity index (χ1n) is 25.2. The van der Waals surface area contributed by atoms with E-state index in [0.29, 0.717) is 19.3 Å². The average Bonchev–Trinajstić information content (AvgIpc) is 3.18. The summed E-state index contributed by atoms with van der Waals surface area (Å²) in [6.07, 6.45) is 43.8. The number of carbonyl (C=O) groups is 3. The highest BCUT2D eigenvalue weighted by molar-refractivity contribution is 5.71. The Hall–Kier alpha value is -1.59. The molecule has 0 aliphatic rings. The van der Waals surface area contributed by atoms with E-state index in [2.05, 4.69) is 34.6 Å². The third-order valence-corrected chi connectivity index (χ3v) is 11.5. The van der Waals surface area contributed by atoms with Gasteiger partial charge in [-0.15, -0.1) is 0 Å². The molecule has 0 spiro atoms. The van der Waals surface area contributed by atoms with E-state index in [0.717, 1.165) is 69.6 Å². The van der Waals surface area contributed by atoms with Crippen LogP contribution in [-0.2, 0) is 28.6 Å². The molecule has 0 amide bonds. The summed E-state index contributed by atoms with van der Waals surface area (Å²) in [6.45, 7) is 11.4. The van der Waals surface area contributed by atoms with Crippen molar-refractivity contribution in [2.45, 2.75) is 285 Å². The van der Waals surface area contributed by atoms with Gasteiger partial charge in [0.1, 0.15) is 13.2 Å². The lowest BCUT2D eigenvalue weighted by Gasteiger charge is -2.18. The molecule has 0 aliphatic heterocycles. The Bertz CT molecular complexity index is 870. The van der Waals surface area contributed by atoms with E-state index in [9.17, 15) is 14.4 Å². The molecule has 0 radical (unpaired) electrons. The lowest BCUT2D eigenvalue weighted by atomic mass is 10.0. The monoisotopic (exact) mass is 807 g/mol. The third-order valence-electron chi connectivity index (χ3n) is 11.5. The molecule has 0 aromatic carbocycles. The molecule has 0 aromatic heterocycles. The van der Waals surface area contributed by atoms with E-state index in [1.165, 1.54) is 167 Å². The Labute approximate surface area is 355 Å². The fourth-order valence-electron chi connectivity index (χ4n) is 7.64. The predicted molar refractivity (Wildman–Crippen MR) is 243 cm³/mol. The van der Waals surface area contributed by atoms with Crippen LogP contribution in [-0.4, -0.2) is 37.2 Å². The number of carbonyl (C=O) groups excluding carboxylic acids is 3. The van der Waals surface area contributed by atoms with E-state index in [-0.39, 0.29) is 31.1 Å². The molecule has 0 saturated heterocycles. The topological polar surface area (TPSA) is 78.9 Å². The van der Waals surface area contributed by atoms with Crippen molar-refractivity contribution in [3.05, 3.63) is 0 Å². The quantitative estimate of drug-likeness (QED) is 0.0346. The molecule has 0 aliphatic carbocycles. The highest BCUT2D eigenvalue weighted by atomic mass is 16.6. The Balaban J connectivity index is 4.25. The van der Waals surface area contributed by atoms with Crippen LogP contribution < -0.4 is 0 Å². The predicted octanol–water partition coefficient (Wildman–Crippen LogP) is 16.1. The molecule has 0 unspecified atom stereocenters. The van der Waals surface area contributed by atoms with Gasteiger partial charge in [-0.1, -0.05) is 240 Å². The molecule has 0 saturated carbocycles. The maximum Gasteiger partial charge on any atom is 0.306 e.